The second-order valence-electron chi connectivity index (χ2n) is 3.49. The summed E-state index contributed by atoms with van der Waals surface area (Å²) in [5.41, 5.74) is 1.29. The molecule has 0 atom stereocenters. The number of halogens is 1. The van der Waals surface area contributed by atoms with E-state index in [-0.39, 0.29) is 18.0 Å². The molecular weight excluding hydrogens is 250 g/mol. The highest BCUT2D eigenvalue weighted by Gasteiger charge is 2.17. The Morgan fingerprint density at radius 1 is 1.31 bits per heavy atom. The number of aliphatic hydroxyl groups excluding tert-OH is 1. The molecule has 0 aliphatic heterocycles. The van der Waals surface area contributed by atoms with Gasteiger partial charge in [0.2, 0.25) is 10.0 Å². The lowest BCUT2D eigenvalue weighted by Crippen LogP contribution is -2.27. The summed E-state index contributed by atoms with van der Waals surface area (Å²) in [5, 5.41) is 9.14. The minimum atomic E-state index is -3.56. The molecule has 0 aromatic heterocycles. The number of hydrogen-bond donors (Lipinski definition) is 2. The van der Waals surface area contributed by atoms with E-state index >= 15 is 0 Å². The minimum absolute atomic E-state index is 0.00342. The molecule has 0 spiro atoms. The SMILES string of the molecule is Cc1cc(S(=O)(=O)NCCO)c(C)cc1Cl. The first-order valence-electron chi connectivity index (χ1n) is 4.76. The summed E-state index contributed by atoms with van der Waals surface area (Å²) in [4.78, 5) is 0.197. The Kier molecular flexibility index (Phi) is 4.32. The lowest BCUT2D eigenvalue weighted by Gasteiger charge is -2.10. The van der Waals surface area contributed by atoms with Crippen LogP contribution in [-0.2, 0) is 10.0 Å². The van der Waals surface area contributed by atoms with Crippen molar-refractivity contribution in [3.05, 3.63) is 28.3 Å². The van der Waals surface area contributed by atoms with Gasteiger partial charge in [-0.1, -0.05) is 11.6 Å². The summed E-state index contributed by atoms with van der Waals surface area (Å²) in [6.07, 6.45) is 0. The summed E-state index contributed by atoms with van der Waals surface area (Å²) >= 11 is 5.89. The maximum atomic E-state index is 11.8. The van der Waals surface area contributed by atoms with E-state index in [2.05, 4.69) is 4.72 Å². The molecule has 0 saturated heterocycles. The van der Waals surface area contributed by atoms with Crippen molar-refractivity contribution >= 4 is 21.6 Å². The molecule has 0 amide bonds. The largest absolute Gasteiger partial charge is 0.395 e. The molecule has 2 N–H and O–H groups in total. The van der Waals surface area contributed by atoms with Crippen molar-refractivity contribution in [3.63, 3.8) is 0 Å². The zero-order valence-corrected chi connectivity index (χ0v) is 10.7. The Bertz CT molecular complexity index is 485. The summed E-state index contributed by atoms with van der Waals surface area (Å²) in [6, 6.07) is 3.14. The minimum Gasteiger partial charge on any atom is -0.395 e. The third kappa shape index (κ3) is 2.95. The van der Waals surface area contributed by atoms with E-state index in [1.807, 2.05) is 0 Å². The van der Waals surface area contributed by atoms with Crippen LogP contribution in [-0.4, -0.2) is 26.7 Å². The van der Waals surface area contributed by atoms with Gasteiger partial charge in [-0.15, -0.1) is 0 Å². The van der Waals surface area contributed by atoms with Crippen LogP contribution in [0.1, 0.15) is 11.1 Å². The average molecular weight is 264 g/mol. The molecule has 90 valence electrons. The van der Waals surface area contributed by atoms with Crippen molar-refractivity contribution in [3.8, 4) is 0 Å². The van der Waals surface area contributed by atoms with Crippen molar-refractivity contribution in [1.29, 1.82) is 0 Å². The summed E-state index contributed by atoms with van der Waals surface area (Å²) < 4.78 is 25.9. The van der Waals surface area contributed by atoms with Gasteiger partial charge in [0.25, 0.3) is 0 Å². The molecule has 4 nitrogen and oxygen atoms in total. The number of benzene rings is 1. The smallest absolute Gasteiger partial charge is 0.240 e. The van der Waals surface area contributed by atoms with Crippen LogP contribution in [0.5, 0.6) is 0 Å². The predicted octanol–water partition coefficient (Wildman–Crippen LogP) is 1.23. The van der Waals surface area contributed by atoms with E-state index < -0.39 is 10.0 Å². The first kappa shape index (κ1) is 13.4. The van der Waals surface area contributed by atoms with Crippen molar-refractivity contribution < 1.29 is 13.5 Å². The van der Waals surface area contributed by atoms with Crippen molar-refractivity contribution in [2.45, 2.75) is 18.7 Å². The van der Waals surface area contributed by atoms with Gasteiger partial charge in [0.15, 0.2) is 0 Å². The molecule has 1 aromatic rings. The first-order valence-corrected chi connectivity index (χ1v) is 6.62. The fourth-order valence-corrected chi connectivity index (χ4v) is 2.85. The van der Waals surface area contributed by atoms with Crippen LogP contribution >= 0.6 is 11.6 Å². The number of rotatable bonds is 4. The van der Waals surface area contributed by atoms with Gasteiger partial charge >= 0.3 is 0 Å². The van der Waals surface area contributed by atoms with E-state index in [1.165, 1.54) is 6.07 Å². The molecule has 0 aliphatic carbocycles. The number of sulfonamides is 1. The summed E-state index contributed by atoms with van der Waals surface area (Å²) in [5.74, 6) is 0. The molecule has 0 fully saturated rings. The molecular formula is C10H14ClNO3S. The van der Waals surface area contributed by atoms with Gasteiger partial charge in [-0.25, -0.2) is 13.1 Å². The van der Waals surface area contributed by atoms with E-state index in [9.17, 15) is 8.42 Å². The van der Waals surface area contributed by atoms with Crippen molar-refractivity contribution in [2.24, 2.45) is 0 Å². The number of nitrogens with one attached hydrogen (secondary N) is 1. The van der Waals surface area contributed by atoms with Crippen LogP contribution < -0.4 is 4.72 Å². The predicted molar refractivity (Wildman–Crippen MR) is 63.2 cm³/mol. The van der Waals surface area contributed by atoms with E-state index in [4.69, 9.17) is 16.7 Å². The second kappa shape index (κ2) is 5.14. The lowest BCUT2D eigenvalue weighted by atomic mass is 10.2. The molecule has 0 heterocycles. The Balaban J connectivity index is 3.18. The van der Waals surface area contributed by atoms with Gasteiger partial charge in [0.05, 0.1) is 11.5 Å². The molecule has 0 unspecified atom stereocenters. The van der Waals surface area contributed by atoms with Gasteiger partial charge in [0, 0.05) is 11.6 Å². The monoisotopic (exact) mass is 263 g/mol. The maximum Gasteiger partial charge on any atom is 0.240 e. The van der Waals surface area contributed by atoms with Gasteiger partial charge in [-0.2, -0.15) is 0 Å². The fourth-order valence-electron chi connectivity index (χ4n) is 1.30. The van der Waals surface area contributed by atoms with Gasteiger partial charge < -0.3 is 5.11 Å². The quantitative estimate of drug-likeness (QED) is 0.859. The topological polar surface area (TPSA) is 66.4 Å². The highest BCUT2D eigenvalue weighted by atomic mass is 35.5. The lowest BCUT2D eigenvalue weighted by molar-refractivity contribution is 0.301. The van der Waals surface area contributed by atoms with Crippen LogP contribution in [0.2, 0.25) is 5.02 Å². The molecule has 1 rings (SSSR count). The number of aliphatic hydroxyl groups is 1. The Morgan fingerprint density at radius 3 is 2.50 bits per heavy atom. The Hall–Kier alpha value is -0.620. The standard InChI is InChI=1S/C10H14ClNO3S/c1-7-6-10(8(2)5-9(7)11)16(14,15)12-3-4-13/h5-6,12-13H,3-4H2,1-2H3. The average Bonchev–Trinajstić information content (AvgIpc) is 2.20. The van der Waals surface area contributed by atoms with E-state index in [0.29, 0.717) is 16.1 Å². The normalized spacial score (nSPS) is 11.8. The van der Waals surface area contributed by atoms with Crippen molar-refractivity contribution in [2.75, 3.05) is 13.2 Å². The molecule has 0 radical (unpaired) electrons. The molecule has 0 bridgehead atoms. The van der Waals surface area contributed by atoms with Crippen molar-refractivity contribution in [1.82, 2.24) is 4.72 Å². The highest BCUT2D eigenvalue weighted by molar-refractivity contribution is 7.89. The molecule has 0 saturated carbocycles. The fraction of sp³-hybridized carbons (Fsp3) is 0.400. The van der Waals surface area contributed by atoms with E-state index in [0.717, 1.165) is 0 Å². The molecule has 1 aromatic carbocycles. The zero-order valence-electron chi connectivity index (χ0n) is 9.12. The zero-order chi connectivity index (χ0) is 12.3. The number of hydrogen-bond acceptors (Lipinski definition) is 3. The van der Waals surface area contributed by atoms with Crippen LogP contribution in [0.15, 0.2) is 17.0 Å². The van der Waals surface area contributed by atoms with Gasteiger partial charge in [0.1, 0.15) is 0 Å². The molecule has 6 heteroatoms. The van der Waals surface area contributed by atoms with Crippen LogP contribution in [0, 0.1) is 13.8 Å². The van der Waals surface area contributed by atoms with Crippen LogP contribution in [0.25, 0.3) is 0 Å². The summed E-state index contributed by atoms with van der Waals surface area (Å²) in [7, 11) is -3.56. The van der Waals surface area contributed by atoms with Gasteiger partial charge in [-0.3, -0.25) is 0 Å². The van der Waals surface area contributed by atoms with E-state index in [1.54, 1.807) is 19.9 Å². The molecule has 16 heavy (non-hydrogen) atoms. The second-order valence-corrected chi connectivity index (χ2v) is 5.63. The first-order chi connectivity index (χ1) is 7.38. The summed E-state index contributed by atoms with van der Waals surface area (Å²) in [6.45, 7) is 3.19. The maximum absolute atomic E-state index is 11.8. The third-order valence-electron chi connectivity index (χ3n) is 2.15. The third-order valence-corrected chi connectivity index (χ3v) is 4.16. The van der Waals surface area contributed by atoms with Gasteiger partial charge in [-0.05, 0) is 37.1 Å². The van der Waals surface area contributed by atoms with Crippen LogP contribution in [0.4, 0.5) is 0 Å². The molecule has 0 aliphatic rings. The van der Waals surface area contributed by atoms with Crippen LogP contribution in [0.3, 0.4) is 0 Å². The number of aryl methyl sites for hydroxylation is 2. The Morgan fingerprint density at radius 2 is 1.94 bits per heavy atom. The Labute approximate surface area is 100 Å². The highest BCUT2D eigenvalue weighted by Crippen LogP contribution is 2.23.